The standard InChI is InChI=1S/C17H14N2O3/c20-15(21)9-8-12-10-18-16(19-17(12)22)14-7-3-5-11-4-1-2-6-13(11)14/h1-7,10H,8-9H2,(H,20,21)(H,18,19,22). The summed E-state index contributed by atoms with van der Waals surface area (Å²) in [6.45, 7) is 0. The number of aryl methyl sites for hydroxylation is 1. The van der Waals surface area contributed by atoms with E-state index in [1.165, 1.54) is 6.20 Å². The number of benzene rings is 2. The van der Waals surface area contributed by atoms with Gasteiger partial charge in [0.15, 0.2) is 0 Å². The molecule has 0 aliphatic heterocycles. The largest absolute Gasteiger partial charge is 0.481 e. The van der Waals surface area contributed by atoms with Gasteiger partial charge in [-0.2, -0.15) is 0 Å². The van der Waals surface area contributed by atoms with Crippen molar-refractivity contribution >= 4 is 16.7 Å². The van der Waals surface area contributed by atoms with Crippen LogP contribution in [0.3, 0.4) is 0 Å². The first kappa shape index (κ1) is 14.0. The molecule has 3 rings (SSSR count). The summed E-state index contributed by atoms with van der Waals surface area (Å²) in [5.74, 6) is -0.446. The molecule has 0 radical (unpaired) electrons. The number of carbonyl (C=O) groups is 1. The first-order valence-electron chi connectivity index (χ1n) is 6.93. The van der Waals surface area contributed by atoms with E-state index >= 15 is 0 Å². The third-order valence-electron chi connectivity index (χ3n) is 3.53. The van der Waals surface area contributed by atoms with Gasteiger partial charge in [-0.25, -0.2) is 4.98 Å². The summed E-state index contributed by atoms with van der Waals surface area (Å²) < 4.78 is 0. The molecule has 110 valence electrons. The molecular formula is C17H14N2O3. The summed E-state index contributed by atoms with van der Waals surface area (Å²) in [6.07, 6.45) is 1.55. The highest BCUT2D eigenvalue weighted by atomic mass is 16.4. The Balaban J connectivity index is 2.03. The van der Waals surface area contributed by atoms with Crippen molar-refractivity contribution in [1.29, 1.82) is 0 Å². The van der Waals surface area contributed by atoms with Gasteiger partial charge in [-0.05, 0) is 17.2 Å². The lowest BCUT2D eigenvalue weighted by atomic mass is 10.0. The predicted octanol–water partition coefficient (Wildman–Crippen LogP) is 2.61. The van der Waals surface area contributed by atoms with Crippen LogP contribution in [0.4, 0.5) is 0 Å². The number of hydrogen-bond donors (Lipinski definition) is 2. The normalized spacial score (nSPS) is 10.7. The summed E-state index contributed by atoms with van der Waals surface area (Å²) in [5, 5.41) is 10.8. The van der Waals surface area contributed by atoms with Crippen LogP contribution in [0.25, 0.3) is 22.2 Å². The van der Waals surface area contributed by atoms with Crippen molar-refractivity contribution < 1.29 is 9.90 Å². The number of H-pyrrole nitrogens is 1. The molecule has 1 aromatic heterocycles. The SMILES string of the molecule is O=C(O)CCc1cnc(-c2cccc3ccccc23)[nH]c1=O. The van der Waals surface area contributed by atoms with E-state index in [9.17, 15) is 9.59 Å². The van der Waals surface area contributed by atoms with Crippen molar-refractivity contribution in [3.63, 3.8) is 0 Å². The summed E-state index contributed by atoms with van der Waals surface area (Å²) in [6, 6.07) is 13.7. The molecule has 0 fully saturated rings. The fraction of sp³-hybridized carbons (Fsp3) is 0.118. The quantitative estimate of drug-likeness (QED) is 0.774. The van der Waals surface area contributed by atoms with Crippen LogP contribution in [0.1, 0.15) is 12.0 Å². The highest BCUT2D eigenvalue weighted by Crippen LogP contribution is 2.25. The molecule has 5 nitrogen and oxygen atoms in total. The van der Waals surface area contributed by atoms with Crippen LogP contribution in [0, 0.1) is 0 Å². The maximum absolute atomic E-state index is 12.1. The number of fused-ring (bicyclic) bond motifs is 1. The summed E-state index contributed by atoms with van der Waals surface area (Å²) in [7, 11) is 0. The Labute approximate surface area is 126 Å². The molecule has 0 amide bonds. The smallest absolute Gasteiger partial charge is 0.303 e. The minimum absolute atomic E-state index is 0.0849. The fourth-order valence-corrected chi connectivity index (χ4v) is 2.41. The second-order valence-electron chi connectivity index (χ2n) is 5.01. The van der Waals surface area contributed by atoms with Crippen LogP contribution in [0.2, 0.25) is 0 Å². The lowest BCUT2D eigenvalue weighted by molar-refractivity contribution is -0.136. The molecule has 0 aliphatic carbocycles. The van der Waals surface area contributed by atoms with Crippen LogP contribution in [-0.4, -0.2) is 21.0 Å². The van der Waals surface area contributed by atoms with Crippen LogP contribution >= 0.6 is 0 Å². The molecule has 1 heterocycles. The molecule has 2 aromatic carbocycles. The number of hydrogen-bond acceptors (Lipinski definition) is 3. The van der Waals surface area contributed by atoms with Crippen LogP contribution in [-0.2, 0) is 11.2 Å². The van der Waals surface area contributed by atoms with Crippen molar-refractivity contribution in [3.8, 4) is 11.4 Å². The Morgan fingerprint density at radius 3 is 2.68 bits per heavy atom. The van der Waals surface area contributed by atoms with E-state index in [-0.39, 0.29) is 18.4 Å². The molecule has 0 atom stereocenters. The van der Waals surface area contributed by atoms with Gasteiger partial charge in [0.25, 0.3) is 5.56 Å². The summed E-state index contributed by atoms with van der Waals surface area (Å²) in [4.78, 5) is 29.7. The second-order valence-corrected chi connectivity index (χ2v) is 5.01. The van der Waals surface area contributed by atoms with Crippen molar-refractivity contribution in [1.82, 2.24) is 9.97 Å². The molecule has 3 aromatic rings. The zero-order valence-corrected chi connectivity index (χ0v) is 11.7. The predicted molar refractivity (Wildman–Crippen MR) is 83.8 cm³/mol. The zero-order valence-electron chi connectivity index (χ0n) is 11.7. The number of nitrogens with zero attached hydrogens (tertiary/aromatic N) is 1. The Hall–Kier alpha value is -2.95. The van der Waals surface area contributed by atoms with Gasteiger partial charge in [-0.3, -0.25) is 9.59 Å². The molecule has 0 saturated carbocycles. The van der Waals surface area contributed by atoms with Crippen LogP contribution in [0.15, 0.2) is 53.5 Å². The average molecular weight is 294 g/mol. The molecular weight excluding hydrogens is 280 g/mol. The molecule has 0 spiro atoms. The van der Waals surface area contributed by atoms with E-state index in [0.717, 1.165) is 16.3 Å². The number of carboxylic acid groups (broad SMARTS) is 1. The molecule has 0 unspecified atom stereocenters. The van der Waals surface area contributed by atoms with Gasteiger partial charge in [0.1, 0.15) is 5.82 Å². The second kappa shape index (κ2) is 5.81. The van der Waals surface area contributed by atoms with Crippen molar-refractivity contribution in [2.75, 3.05) is 0 Å². The van der Waals surface area contributed by atoms with Crippen molar-refractivity contribution in [2.24, 2.45) is 0 Å². The van der Waals surface area contributed by atoms with E-state index in [1.807, 2.05) is 42.5 Å². The number of aromatic nitrogens is 2. The number of rotatable bonds is 4. The van der Waals surface area contributed by atoms with Gasteiger partial charge in [0.05, 0.1) is 0 Å². The first-order valence-corrected chi connectivity index (χ1v) is 6.93. The number of carboxylic acids is 1. The molecule has 22 heavy (non-hydrogen) atoms. The molecule has 0 bridgehead atoms. The Morgan fingerprint density at radius 2 is 1.91 bits per heavy atom. The van der Waals surface area contributed by atoms with Gasteiger partial charge in [0.2, 0.25) is 0 Å². The average Bonchev–Trinajstić information content (AvgIpc) is 2.53. The summed E-state index contributed by atoms with van der Waals surface area (Å²) in [5.41, 5.74) is 0.936. The van der Waals surface area contributed by atoms with Crippen LogP contribution in [0.5, 0.6) is 0 Å². The fourth-order valence-electron chi connectivity index (χ4n) is 2.41. The van der Waals surface area contributed by atoms with Gasteiger partial charge >= 0.3 is 5.97 Å². The third kappa shape index (κ3) is 2.74. The number of aromatic amines is 1. The maximum Gasteiger partial charge on any atom is 0.303 e. The van der Waals surface area contributed by atoms with Crippen LogP contribution < -0.4 is 5.56 Å². The lowest BCUT2D eigenvalue weighted by Crippen LogP contribution is -2.15. The van der Waals surface area contributed by atoms with Gasteiger partial charge in [-0.15, -0.1) is 0 Å². The highest BCUT2D eigenvalue weighted by molar-refractivity contribution is 5.94. The monoisotopic (exact) mass is 294 g/mol. The van der Waals surface area contributed by atoms with E-state index in [2.05, 4.69) is 9.97 Å². The minimum atomic E-state index is -0.933. The Morgan fingerprint density at radius 1 is 1.14 bits per heavy atom. The topological polar surface area (TPSA) is 83.0 Å². The Bertz CT molecular complexity index is 894. The van der Waals surface area contributed by atoms with E-state index in [0.29, 0.717) is 11.4 Å². The molecule has 5 heteroatoms. The first-order chi connectivity index (χ1) is 10.6. The minimum Gasteiger partial charge on any atom is -0.481 e. The maximum atomic E-state index is 12.1. The third-order valence-corrected chi connectivity index (χ3v) is 3.53. The van der Waals surface area contributed by atoms with Gasteiger partial charge < -0.3 is 10.1 Å². The zero-order chi connectivity index (χ0) is 15.5. The summed E-state index contributed by atoms with van der Waals surface area (Å²) >= 11 is 0. The molecule has 2 N–H and O–H groups in total. The van der Waals surface area contributed by atoms with E-state index < -0.39 is 5.97 Å². The van der Waals surface area contributed by atoms with Gasteiger partial charge in [-0.1, -0.05) is 42.5 Å². The van der Waals surface area contributed by atoms with Gasteiger partial charge in [0, 0.05) is 23.7 Å². The Kier molecular flexibility index (Phi) is 3.70. The number of nitrogens with one attached hydrogen (secondary N) is 1. The van der Waals surface area contributed by atoms with Crippen molar-refractivity contribution in [3.05, 3.63) is 64.6 Å². The van der Waals surface area contributed by atoms with Crippen molar-refractivity contribution in [2.45, 2.75) is 12.8 Å². The van der Waals surface area contributed by atoms with E-state index in [4.69, 9.17) is 5.11 Å². The number of aliphatic carboxylic acids is 1. The highest BCUT2D eigenvalue weighted by Gasteiger charge is 2.09. The van der Waals surface area contributed by atoms with E-state index in [1.54, 1.807) is 0 Å². The molecule has 0 saturated heterocycles. The lowest BCUT2D eigenvalue weighted by Gasteiger charge is -2.06. The molecule has 0 aliphatic rings.